The van der Waals surface area contributed by atoms with Gasteiger partial charge in [-0.1, -0.05) is 103 Å². The molecule has 0 fully saturated rings. The first-order valence-corrected chi connectivity index (χ1v) is 14.8. The minimum atomic E-state index is 0.551. The van der Waals surface area contributed by atoms with E-state index in [4.69, 9.17) is 14.4 Å². The molecule has 0 N–H and O–H groups in total. The van der Waals surface area contributed by atoms with Crippen LogP contribution in [0.25, 0.3) is 86.7 Å². The van der Waals surface area contributed by atoms with Crippen molar-refractivity contribution in [2.45, 2.75) is 0 Å². The lowest BCUT2D eigenvalue weighted by Gasteiger charge is -2.07. The zero-order chi connectivity index (χ0) is 27.6. The minimum Gasteiger partial charge on any atom is -0.436 e. The average Bonchev–Trinajstić information content (AvgIpc) is 3.62. The van der Waals surface area contributed by atoms with Gasteiger partial charge in [0.2, 0.25) is 5.71 Å². The van der Waals surface area contributed by atoms with Crippen LogP contribution in [0.2, 0.25) is 0 Å². The van der Waals surface area contributed by atoms with E-state index in [0.29, 0.717) is 5.71 Å². The molecule has 0 saturated heterocycles. The van der Waals surface area contributed by atoms with Gasteiger partial charge in [-0.3, -0.25) is 0 Å². The molecule has 0 aliphatic rings. The minimum absolute atomic E-state index is 0.551. The summed E-state index contributed by atoms with van der Waals surface area (Å²) in [6.07, 6.45) is 1.81. The Hall–Kier alpha value is -5.32. The van der Waals surface area contributed by atoms with E-state index in [1.54, 1.807) is 0 Å². The van der Waals surface area contributed by atoms with Gasteiger partial charge >= 0.3 is 0 Å². The molecular formula is C38H22N2OS. The second-order valence-electron chi connectivity index (χ2n) is 10.6. The number of hydrogen-bond donors (Lipinski definition) is 0. The van der Waals surface area contributed by atoms with Crippen molar-refractivity contribution in [1.29, 1.82) is 0 Å². The summed E-state index contributed by atoms with van der Waals surface area (Å²) in [4.78, 5) is 9.81. The average molecular weight is 555 g/mol. The van der Waals surface area contributed by atoms with E-state index >= 15 is 0 Å². The molecule has 0 saturated carbocycles. The first kappa shape index (κ1) is 23.4. The predicted octanol–water partition coefficient (Wildman–Crippen LogP) is 10.9. The normalized spacial score (nSPS) is 11.8. The second-order valence-corrected chi connectivity index (χ2v) is 11.7. The van der Waals surface area contributed by atoms with Crippen molar-refractivity contribution in [3.05, 3.63) is 134 Å². The maximum atomic E-state index is 6.12. The van der Waals surface area contributed by atoms with E-state index in [-0.39, 0.29) is 0 Å². The van der Waals surface area contributed by atoms with Gasteiger partial charge in [-0.05, 0) is 57.3 Å². The molecule has 3 heterocycles. The Balaban J connectivity index is 1.18. The lowest BCUT2D eigenvalue weighted by Crippen LogP contribution is -1.88. The summed E-state index contributed by atoms with van der Waals surface area (Å²) < 4.78 is 8.73. The largest absolute Gasteiger partial charge is 0.436 e. The van der Waals surface area contributed by atoms with Gasteiger partial charge in [-0.25, -0.2) is 9.97 Å². The van der Waals surface area contributed by atoms with E-state index in [1.165, 1.54) is 47.6 Å². The highest BCUT2D eigenvalue weighted by molar-refractivity contribution is 7.26. The van der Waals surface area contributed by atoms with Gasteiger partial charge in [0, 0.05) is 31.1 Å². The number of benzene rings is 6. The summed E-state index contributed by atoms with van der Waals surface area (Å²) in [7, 11) is 0. The smallest absolute Gasteiger partial charge is 0.246 e. The Morgan fingerprint density at radius 3 is 2.26 bits per heavy atom. The fourth-order valence-electron chi connectivity index (χ4n) is 6.14. The fourth-order valence-corrected chi connectivity index (χ4v) is 7.38. The summed E-state index contributed by atoms with van der Waals surface area (Å²) >= 11 is 1.85. The summed E-state index contributed by atoms with van der Waals surface area (Å²) in [6.45, 7) is 0. The molecule has 0 aliphatic heterocycles. The summed E-state index contributed by atoms with van der Waals surface area (Å²) in [5, 5.41) is 6.02. The van der Waals surface area contributed by atoms with Gasteiger partial charge in [0.05, 0.1) is 11.9 Å². The van der Waals surface area contributed by atoms with Crippen LogP contribution in [-0.2, 0) is 0 Å². The van der Waals surface area contributed by atoms with Crippen LogP contribution >= 0.6 is 11.3 Å². The molecule has 3 aromatic heterocycles. The second kappa shape index (κ2) is 9.10. The number of aromatic nitrogens is 2. The molecule has 42 heavy (non-hydrogen) atoms. The molecular weight excluding hydrogens is 532 g/mol. The SMILES string of the molecule is c1cc(-c2cnc3oc4ccc(-c5cccc6ccccc56)cc4c3n2)cc(-c2cccc3c2sc2ccccc23)c1. The van der Waals surface area contributed by atoms with E-state index < -0.39 is 0 Å². The number of furan rings is 1. The molecule has 3 nitrogen and oxygen atoms in total. The van der Waals surface area contributed by atoms with E-state index in [9.17, 15) is 0 Å². The van der Waals surface area contributed by atoms with Crippen LogP contribution in [0.4, 0.5) is 0 Å². The van der Waals surface area contributed by atoms with E-state index in [2.05, 4.69) is 121 Å². The standard InChI is InChI=1S/C38H22N2OS/c1-2-12-27-23(8-1)9-6-14-28(27)25-18-19-34-32(21-25)36-38(41-34)39-22-33(40-36)26-11-5-10-24(20-26)29-15-7-16-31-30-13-3-4-17-35(30)42-37(29)31/h1-22H. The van der Waals surface area contributed by atoms with Crippen LogP contribution in [0, 0.1) is 0 Å². The zero-order valence-electron chi connectivity index (χ0n) is 22.4. The molecule has 0 spiro atoms. The van der Waals surface area contributed by atoms with Gasteiger partial charge in [0.25, 0.3) is 0 Å². The summed E-state index contributed by atoms with van der Waals surface area (Å²) in [5.74, 6) is 0. The van der Waals surface area contributed by atoms with Gasteiger partial charge in [0.1, 0.15) is 11.1 Å². The van der Waals surface area contributed by atoms with Gasteiger partial charge < -0.3 is 4.42 Å². The zero-order valence-corrected chi connectivity index (χ0v) is 23.2. The lowest BCUT2D eigenvalue weighted by atomic mass is 9.97. The van der Waals surface area contributed by atoms with Crippen LogP contribution in [0.3, 0.4) is 0 Å². The molecule has 6 aromatic carbocycles. The Kier molecular flexibility index (Phi) is 5.07. The quantitative estimate of drug-likeness (QED) is 0.218. The first-order valence-electron chi connectivity index (χ1n) is 14.0. The number of thiophene rings is 1. The number of rotatable bonds is 3. The van der Waals surface area contributed by atoms with Crippen LogP contribution in [-0.4, -0.2) is 9.97 Å². The number of nitrogens with zero attached hydrogens (tertiary/aromatic N) is 2. The highest BCUT2D eigenvalue weighted by Gasteiger charge is 2.15. The summed E-state index contributed by atoms with van der Waals surface area (Å²) in [5.41, 5.74) is 8.70. The van der Waals surface area contributed by atoms with Crippen LogP contribution < -0.4 is 0 Å². The highest BCUT2D eigenvalue weighted by atomic mass is 32.1. The van der Waals surface area contributed by atoms with Crippen molar-refractivity contribution < 1.29 is 4.42 Å². The molecule has 0 aliphatic carbocycles. The third-order valence-electron chi connectivity index (χ3n) is 8.15. The molecule has 0 atom stereocenters. The van der Waals surface area contributed by atoms with Crippen molar-refractivity contribution in [2.24, 2.45) is 0 Å². The molecule has 0 unspecified atom stereocenters. The van der Waals surface area contributed by atoms with E-state index in [1.807, 2.05) is 23.6 Å². The van der Waals surface area contributed by atoms with Gasteiger partial charge in [-0.2, -0.15) is 0 Å². The van der Waals surface area contributed by atoms with Crippen LogP contribution in [0.15, 0.2) is 138 Å². The van der Waals surface area contributed by atoms with Crippen molar-refractivity contribution >= 4 is 64.5 Å². The molecule has 196 valence electrons. The monoisotopic (exact) mass is 554 g/mol. The Bertz CT molecular complexity index is 2480. The van der Waals surface area contributed by atoms with Crippen molar-refractivity contribution in [3.8, 4) is 33.5 Å². The van der Waals surface area contributed by atoms with Crippen molar-refractivity contribution in [2.75, 3.05) is 0 Å². The Morgan fingerprint density at radius 1 is 0.548 bits per heavy atom. The van der Waals surface area contributed by atoms with Gasteiger partial charge in [-0.15, -0.1) is 11.3 Å². The molecule has 4 heteroatoms. The third-order valence-corrected chi connectivity index (χ3v) is 9.37. The molecule has 9 aromatic rings. The molecule has 0 radical (unpaired) electrons. The van der Waals surface area contributed by atoms with E-state index in [0.717, 1.165) is 33.3 Å². The number of fused-ring (bicyclic) bond motifs is 7. The van der Waals surface area contributed by atoms with Crippen LogP contribution in [0.1, 0.15) is 0 Å². The predicted molar refractivity (Wildman–Crippen MR) is 176 cm³/mol. The molecule has 9 rings (SSSR count). The van der Waals surface area contributed by atoms with Crippen LogP contribution in [0.5, 0.6) is 0 Å². The fraction of sp³-hybridized carbons (Fsp3) is 0. The summed E-state index contributed by atoms with van der Waals surface area (Å²) in [6, 6.07) is 45.1. The lowest BCUT2D eigenvalue weighted by molar-refractivity contribution is 0.653. The van der Waals surface area contributed by atoms with Gasteiger partial charge in [0.15, 0.2) is 0 Å². The number of hydrogen-bond acceptors (Lipinski definition) is 4. The van der Waals surface area contributed by atoms with Crippen molar-refractivity contribution in [1.82, 2.24) is 9.97 Å². The molecule has 0 amide bonds. The van der Waals surface area contributed by atoms with Crippen molar-refractivity contribution in [3.63, 3.8) is 0 Å². The maximum absolute atomic E-state index is 6.12. The Morgan fingerprint density at radius 2 is 1.29 bits per heavy atom. The highest BCUT2D eigenvalue weighted by Crippen LogP contribution is 2.41. The first-order chi connectivity index (χ1) is 20.8. The Labute approximate surface area is 245 Å². The maximum Gasteiger partial charge on any atom is 0.246 e. The topological polar surface area (TPSA) is 38.9 Å². The molecule has 0 bridgehead atoms. The third kappa shape index (κ3) is 3.59.